The predicted molar refractivity (Wildman–Crippen MR) is 56.6 cm³/mol. The van der Waals surface area contributed by atoms with Crippen LogP contribution in [0.4, 0.5) is 4.39 Å². The first-order valence-electron chi connectivity index (χ1n) is 4.70. The number of fused-ring (bicyclic) bond motifs is 1. The van der Waals surface area contributed by atoms with E-state index < -0.39 is 5.60 Å². The van der Waals surface area contributed by atoms with Gasteiger partial charge < -0.3 is 4.98 Å². The molecule has 3 nitrogen and oxygen atoms in total. The van der Waals surface area contributed by atoms with Crippen LogP contribution in [0.15, 0.2) is 24.4 Å². The normalized spacial score (nSPS) is 12.3. The Hall–Kier alpha value is -1.39. The van der Waals surface area contributed by atoms with Crippen molar-refractivity contribution in [2.24, 2.45) is 5.90 Å². The lowest BCUT2D eigenvalue weighted by atomic mass is 9.97. The van der Waals surface area contributed by atoms with Crippen LogP contribution in [0.25, 0.3) is 10.9 Å². The van der Waals surface area contributed by atoms with Crippen LogP contribution in [0.2, 0.25) is 0 Å². The fourth-order valence-corrected chi connectivity index (χ4v) is 1.68. The van der Waals surface area contributed by atoms with E-state index in [1.54, 1.807) is 26.1 Å². The Balaban J connectivity index is 2.73. The molecule has 0 aliphatic carbocycles. The van der Waals surface area contributed by atoms with Gasteiger partial charge in [-0.1, -0.05) is 6.07 Å². The molecule has 1 heterocycles. The van der Waals surface area contributed by atoms with Gasteiger partial charge in [0.25, 0.3) is 0 Å². The second-order valence-corrected chi connectivity index (χ2v) is 3.99. The Kier molecular flexibility index (Phi) is 2.25. The standard InChI is InChI=1S/C11H13FN2O/c1-11(2,15-13)7-6-14-9-5-3-4-8(12)10(7)9/h3-6,14H,13H2,1-2H3. The molecular formula is C11H13FN2O. The molecule has 2 aromatic rings. The van der Waals surface area contributed by atoms with Crippen molar-refractivity contribution in [3.63, 3.8) is 0 Å². The number of nitrogens with one attached hydrogen (secondary N) is 1. The number of hydrogen-bond donors (Lipinski definition) is 2. The maximum absolute atomic E-state index is 13.6. The summed E-state index contributed by atoms with van der Waals surface area (Å²) in [5, 5.41) is 0.535. The number of halogens is 1. The van der Waals surface area contributed by atoms with Gasteiger partial charge in [-0.05, 0) is 26.0 Å². The van der Waals surface area contributed by atoms with Gasteiger partial charge in [0.05, 0.1) is 0 Å². The molecule has 0 atom stereocenters. The van der Waals surface area contributed by atoms with E-state index in [-0.39, 0.29) is 5.82 Å². The molecule has 3 N–H and O–H groups in total. The molecule has 0 aliphatic rings. The summed E-state index contributed by atoms with van der Waals surface area (Å²) in [5.41, 5.74) is 0.758. The van der Waals surface area contributed by atoms with Crippen molar-refractivity contribution in [2.75, 3.05) is 0 Å². The Morgan fingerprint density at radius 3 is 2.80 bits per heavy atom. The molecule has 0 saturated carbocycles. The highest BCUT2D eigenvalue weighted by Crippen LogP contribution is 2.31. The van der Waals surface area contributed by atoms with Crippen molar-refractivity contribution in [2.45, 2.75) is 19.4 Å². The van der Waals surface area contributed by atoms with Crippen molar-refractivity contribution in [3.05, 3.63) is 35.8 Å². The fourth-order valence-electron chi connectivity index (χ4n) is 1.68. The van der Waals surface area contributed by atoms with E-state index in [2.05, 4.69) is 4.98 Å². The van der Waals surface area contributed by atoms with Gasteiger partial charge in [0.1, 0.15) is 11.4 Å². The quantitative estimate of drug-likeness (QED) is 0.745. The molecule has 0 radical (unpaired) electrons. The lowest BCUT2D eigenvalue weighted by molar-refractivity contribution is -0.0226. The number of H-pyrrole nitrogens is 1. The first-order chi connectivity index (χ1) is 7.06. The Morgan fingerprint density at radius 2 is 2.13 bits per heavy atom. The Bertz CT molecular complexity index is 490. The lowest BCUT2D eigenvalue weighted by Crippen LogP contribution is -2.25. The van der Waals surface area contributed by atoms with Gasteiger partial charge in [-0.15, -0.1) is 0 Å². The minimum atomic E-state index is -0.708. The first kappa shape index (κ1) is 10.1. The summed E-state index contributed by atoms with van der Waals surface area (Å²) in [6.45, 7) is 3.59. The summed E-state index contributed by atoms with van der Waals surface area (Å²) in [5.74, 6) is 4.93. The Morgan fingerprint density at radius 1 is 1.40 bits per heavy atom. The van der Waals surface area contributed by atoms with Crippen molar-refractivity contribution >= 4 is 10.9 Å². The van der Waals surface area contributed by atoms with Crippen molar-refractivity contribution in [1.82, 2.24) is 4.98 Å². The van der Waals surface area contributed by atoms with Crippen molar-refractivity contribution in [3.8, 4) is 0 Å². The average Bonchev–Trinajstić information content (AvgIpc) is 2.63. The third-order valence-electron chi connectivity index (χ3n) is 2.60. The zero-order valence-electron chi connectivity index (χ0n) is 8.67. The van der Waals surface area contributed by atoms with Gasteiger partial charge in [0, 0.05) is 22.7 Å². The third kappa shape index (κ3) is 1.52. The highest BCUT2D eigenvalue weighted by Gasteiger charge is 2.25. The molecule has 1 aromatic carbocycles. The molecule has 15 heavy (non-hydrogen) atoms. The zero-order valence-corrected chi connectivity index (χ0v) is 8.67. The number of aromatic amines is 1. The molecule has 80 valence electrons. The van der Waals surface area contributed by atoms with Crippen LogP contribution in [0.1, 0.15) is 19.4 Å². The summed E-state index contributed by atoms with van der Waals surface area (Å²) in [7, 11) is 0. The van der Waals surface area contributed by atoms with Gasteiger partial charge >= 0.3 is 0 Å². The summed E-state index contributed by atoms with van der Waals surface area (Å²) >= 11 is 0. The van der Waals surface area contributed by atoms with Crippen LogP contribution in [0, 0.1) is 5.82 Å². The van der Waals surface area contributed by atoms with Crippen LogP contribution in [0.5, 0.6) is 0 Å². The van der Waals surface area contributed by atoms with Crippen molar-refractivity contribution < 1.29 is 9.23 Å². The molecule has 0 bridgehead atoms. The third-order valence-corrected chi connectivity index (χ3v) is 2.60. The largest absolute Gasteiger partial charge is 0.361 e. The minimum Gasteiger partial charge on any atom is -0.361 e. The molecular weight excluding hydrogens is 195 g/mol. The van der Waals surface area contributed by atoms with Gasteiger partial charge in [-0.2, -0.15) is 0 Å². The molecule has 2 rings (SSSR count). The van der Waals surface area contributed by atoms with Crippen LogP contribution in [-0.2, 0) is 10.4 Å². The number of benzene rings is 1. The van der Waals surface area contributed by atoms with Gasteiger partial charge in [0.15, 0.2) is 0 Å². The number of aromatic nitrogens is 1. The van der Waals surface area contributed by atoms with Gasteiger partial charge in [0.2, 0.25) is 0 Å². The van der Waals surface area contributed by atoms with E-state index in [4.69, 9.17) is 10.7 Å². The highest BCUT2D eigenvalue weighted by atomic mass is 19.1. The molecule has 0 saturated heterocycles. The van der Waals surface area contributed by atoms with E-state index >= 15 is 0 Å². The van der Waals surface area contributed by atoms with E-state index in [0.29, 0.717) is 5.39 Å². The van der Waals surface area contributed by atoms with Crippen LogP contribution in [0.3, 0.4) is 0 Å². The van der Waals surface area contributed by atoms with Crippen LogP contribution < -0.4 is 5.90 Å². The number of hydrogen-bond acceptors (Lipinski definition) is 2. The fraction of sp³-hybridized carbons (Fsp3) is 0.273. The van der Waals surface area contributed by atoms with Gasteiger partial charge in [-0.3, -0.25) is 4.84 Å². The zero-order chi connectivity index (χ0) is 11.1. The first-order valence-corrected chi connectivity index (χ1v) is 4.70. The van der Waals surface area contributed by atoms with Crippen molar-refractivity contribution in [1.29, 1.82) is 0 Å². The molecule has 0 amide bonds. The van der Waals surface area contributed by atoms with Crippen LogP contribution >= 0.6 is 0 Å². The van der Waals surface area contributed by atoms with Gasteiger partial charge in [-0.25, -0.2) is 10.3 Å². The molecule has 0 aliphatic heterocycles. The molecule has 4 heteroatoms. The molecule has 1 aromatic heterocycles. The summed E-state index contributed by atoms with van der Waals surface area (Å²) in [6.07, 6.45) is 1.72. The predicted octanol–water partition coefficient (Wildman–Crippen LogP) is 2.43. The highest BCUT2D eigenvalue weighted by molar-refractivity contribution is 5.84. The SMILES string of the molecule is CC(C)(ON)c1c[nH]c2cccc(F)c12. The Labute approximate surface area is 87.0 Å². The molecule has 0 spiro atoms. The molecule has 0 fully saturated rings. The van der Waals surface area contributed by atoms with E-state index in [1.165, 1.54) is 6.07 Å². The smallest absolute Gasteiger partial charge is 0.132 e. The second-order valence-electron chi connectivity index (χ2n) is 3.99. The summed E-state index contributed by atoms with van der Waals surface area (Å²) in [4.78, 5) is 7.85. The van der Waals surface area contributed by atoms with E-state index in [0.717, 1.165) is 11.1 Å². The van der Waals surface area contributed by atoms with Crippen LogP contribution in [-0.4, -0.2) is 4.98 Å². The topological polar surface area (TPSA) is 51.0 Å². The second kappa shape index (κ2) is 3.32. The monoisotopic (exact) mass is 208 g/mol. The summed E-state index contributed by atoms with van der Waals surface area (Å²) in [6, 6.07) is 4.90. The summed E-state index contributed by atoms with van der Waals surface area (Å²) < 4.78 is 13.6. The average molecular weight is 208 g/mol. The maximum Gasteiger partial charge on any atom is 0.132 e. The number of rotatable bonds is 2. The lowest BCUT2D eigenvalue weighted by Gasteiger charge is -2.21. The minimum absolute atomic E-state index is 0.270. The maximum atomic E-state index is 13.6. The molecule has 0 unspecified atom stereocenters. The van der Waals surface area contributed by atoms with E-state index in [1.807, 2.05) is 6.07 Å². The number of nitrogens with two attached hydrogens (primary N) is 1. The van der Waals surface area contributed by atoms with E-state index in [9.17, 15) is 4.39 Å².